The quantitative estimate of drug-likeness (QED) is 0.752. The van der Waals surface area contributed by atoms with E-state index in [9.17, 15) is 4.79 Å². The Hall–Kier alpha value is -1.52. The largest absolute Gasteiger partial charge is 0.497 e. The number of benzene rings is 2. The van der Waals surface area contributed by atoms with Crippen LogP contribution < -0.4 is 4.74 Å². The summed E-state index contributed by atoms with van der Waals surface area (Å²) >= 11 is 9.57. The molecule has 0 aliphatic carbocycles. The van der Waals surface area contributed by atoms with Gasteiger partial charge in [0.2, 0.25) is 0 Å². The van der Waals surface area contributed by atoms with Crippen molar-refractivity contribution in [2.24, 2.45) is 0 Å². The number of ether oxygens (including phenoxy) is 1. The highest BCUT2D eigenvalue weighted by molar-refractivity contribution is 9.10. The van der Waals surface area contributed by atoms with Gasteiger partial charge in [-0.05, 0) is 42.3 Å². The lowest BCUT2D eigenvalue weighted by molar-refractivity contribution is 0.0791. The molecule has 0 radical (unpaired) electrons. The van der Waals surface area contributed by atoms with Crippen LogP contribution in [0.5, 0.6) is 5.75 Å². The Bertz CT molecular complexity index is 717. The summed E-state index contributed by atoms with van der Waals surface area (Å²) in [6, 6.07) is 13.4. The average Bonchev–Trinajstić information content (AvgIpc) is 3.06. The molecule has 1 unspecified atom stereocenters. The van der Waals surface area contributed by atoms with E-state index in [4.69, 9.17) is 16.3 Å². The Balaban J connectivity index is 1.73. The van der Waals surface area contributed by atoms with E-state index in [0.717, 1.165) is 23.2 Å². The van der Waals surface area contributed by atoms with Gasteiger partial charge in [0, 0.05) is 23.5 Å². The number of carbonyl (C=O) groups is 1. The third-order valence-corrected chi connectivity index (χ3v) is 5.04. The van der Waals surface area contributed by atoms with Gasteiger partial charge in [0.1, 0.15) is 5.75 Å². The zero-order valence-corrected chi connectivity index (χ0v) is 15.1. The summed E-state index contributed by atoms with van der Waals surface area (Å²) in [6.45, 7) is 1.46. The Morgan fingerprint density at radius 1 is 1.26 bits per heavy atom. The number of hydrogen-bond acceptors (Lipinski definition) is 2. The number of halogens is 2. The van der Waals surface area contributed by atoms with E-state index in [1.54, 1.807) is 19.2 Å². The van der Waals surface area contributed by atoms with Crippen molar-refractivity contribution in [3.8, 4) is 5.75 Å². The van der Waals surface area contributed by atoms with Crippen LogP contribution in [0.1, 0.15) is 28.3 Å². The first-order chi connectivity index (χ1) is 11.1. The third kappa shape index (κ3) is 3.54. The Labute approximate surface area is 149 Å². The van der Waals surface area contributed by atoms with Gasteiger partial charge < -0.3 is 9.64 Å². The van der Waals surface area contributed by atoms with Crippen LogP contribution in [0.4, 0.5) is 0 Å². The second-order valence-electron chi connectivity index (χ2n) is 5.63. The first kappa shape index (κ1) is 16.3. The summed E-state index contributed by atoms with van der Waals surface area (Å²) in [5.74, 6) is 1.20. The molecule has 1 saturated heterocycles. The molecule has 120 valence electrons. The standard InChI is InChI=1S/C18H17BrClNO2/c1-23-15-5-2-12(3-6-15)13-8-9-21(11-13)18(22)16-10-14(19)4-7-17(16)20/h2-7,10,13H,8-9,11H2,1H3. The van der Waals surface area contributed by atoms with Crippen LogP contribution in [0.2, 0.25) is 5.02 Å². The second-order valence-corrected chi connectivity index (χ2v) is 6.96. The number of likely N-dealkylation sites (tertiary alicyclic amines) is 1. The van der Waals surface area contributed by atoms with E-state index < -0.39 is 0 Å². The van der Waals surface area contributed by atoms with Crippen molar-refractivity contribution >= 4 is 33.4 Å². The molecule has 0 N–H and O–H groups in total. The molecule has 0 aromatic heterocycles. The lowest BCUT2D eigenvalue weighted by Gasteiger charge is -2.18. The maximum Gasteiger partial charge on any atom is 0.255 e. The molecule has 3 rings (SSSR count). The van der Waals surface area contributed by atoms with Gasteiger partial charge in [0.15, 0.2) is 0 Å². The minimum atomic E-state index is -0.00712. The van der Waals surface area contributed by atoms with Crippen LogP contribution >= 0.6 is 27.5 Å². The molecule has 1 atom stereocenters. The molecule has 1 fully saturated rings. The molecule has 1 heterocycles. The monoisotopic (exact) mass is 393 g/mol. The van der Waals surface area contributed by atoms with Crippen molar-refractivity contribution in [3.05, 3.63) is 63.1 Å². The molecule has 3 nitrogen and oxygen atoms in total. The van der Waals surface area contributed by atoms with Crippen LogP contribution in [-0.4, -0.2) is 31.0 Å². The number of carbonyl (C=O) groups excluding carboxylic acids is 1. The molecule has 0 saturated carbocycles. The van der Waals surface area contributed by atoms with Gasteiger partial charge in [-0.1, -0.05) is 39.7 Å². The van der Waals surface area contributed by atoms with E-state index in [0.29, 0.717) is 23.0 Å². The molecule has 1 amide bonds. The van der Waals surface area contributed by atoms with Crippen LogP contribution in [-0.2, 0) is 0 Å². The Kier molecular flexibility index (Phi) is 4.93. The van der Waals surface area contributed by atoms with E-state index >= 15 is 0 Å². The lowest BCUT2D eigenvalue weighted by atomic mass is 9.98. The smallest absolute Gasteiger partial charge is 0.255 e. The summed E-state index contributed by atoms with van der Waals surface area (Å²) in [7, 11) is 1.66. The van der Waals surface area contributed by atoms with E-state index in [-0.39, 0.29) is 5.91 Å². The number of nitrogens with zero attached hydrogens (tertiary/aromatic N) is 1. The first-order valence-electron chi connectivity index (χ1n) is 7.47. The van der Waals surface area contributed by atoms with Crippen molar-refractivity contribution < 1.29 is 9.53 Å². The van der Waals surface area contributed by atoms with Crippen molar-refractivity contribution in [2.75, 3.05) is 20.2 Å². The maximum absolute atomic E-state index is 12.7. The third-order valence-electron chi connectivity index (χ3n) is 4.22. The predicted molar refractivity (Wildman–Crippen MR) is 95.4 cm³/mol. The van der Waals surface area contributed by atoms with Crippen molar-refractivity contribution in [1.82, 2.24) is 4.90 Å². The molecular formula is C18H17BrClNO2. The van der Waals surface area contributed by atoms with Gasteiger partial charge in [-0.15, -0.1) is 0 Å². The fraction of sp³-hybridized carbons (Fsp3) is 0.278. The summed E-state index contributed by atoms with van der Waals surface area (Å²) in [4.78, 5) is 14.6. The molecule has 5 heteroatoms. The van der Waals surface area contributed by atoms with Crippen LogP contribution in [0, 0.1) is 0 Å². The van der Waals surface area contributed by atoms with Gasteiger partial charge in [-0.2, -0.15) is 0 Å². The minimum Gasteiger partial charge on any atom is -0.497 e. The molecule has 2 aromatic rings. The molecule has 2 aromatic carbocycles. The number of hydrogen-bond donors (Lipinski definition) is 0. The second kappa shape index (κ2) is 6.93. The lowest BCUT2D eigenvalue weighted by Crippen LogP contribution is -2.28. The van der Waals surface area contributed by atoms with Gasteiger partial charge in [-0.3, -0.25) is 4.79 Å². The Morgan fingerprint density at radius 3 is 2.70 bits per heavy atom. The number of rotatable bonds is 3. The molecule has 1 aliphatic heterocycles. The molecule has 23 heavy (non-hydrogen) atoms. The van der Waals surface area contributed by atoms with Crippen LogP contribution in [0.25, 0.3) is 0 Å². The van der Waals surface area contributed by atoms with Gasteiger partial charge in [0.25, 0.3) is 5.91 Å². The van der Waals surface area contributed by atoms with Gasteiger partial charge in [-0.25, -0.2) is 0 Å². The molecular weight excluding hydrogens is 378 g/mol. The summed E-state index contributed by atoms with van der Waals surface area (Å²) in [5.41, 5.74) is 1.79. The normalized spacial score (nSPS) is 17.3. The predicted octanol–water partition coefficient (Wildman–Crippen LogP) is 4.74. The molecule has 0 spiro atoms. The SMILES string of the molecule is COc1ccc(C2CCN(C(=O)c3cc(Br)ccc3Cl)C2)cc1. The van der Waals surface area contributed by atoms with E-state index in [1.807, 2.05) is 23.1 Å². The topological polar surface area (TPSA) is 29.5 Å². The van der Waals surface area contributed by atoms with E-state index in [2.05, 4.69) is 28.1 Å². The highest BCUT2D eigenvalue weighted by Crippen LogP contribution is 2.31. The summed E-state index contributed by atoms with van der Waals surface area (Å²) in [5, 5.41) is 0.492. The highest BCUT2D eigenvalue weighted by atomic mass is 79.9. The van der Waals surface area contributed by atoms with Crippen LogP contribution in [0.3, 0.4) is 0 Å². The summed E-state index contributed by atoms with van der Waals surface area (Å²) < 4.78 is 6.05. The van der Waals surface area contributed by atoms with Crippen molar-refractivity contribution in [2.45, 2.75) is 12.3 Å². The fourth-order valence-electron chi connectivity index (χ4n) is 2.92. The highest BCUT2D eigenvalue weighted by Gasteiger charge is 2.29. The fourth-order valence-corrected chi connectivity index (χ4v) is 3.48. The number of amides is 1. The Morgan fingerprint density at radius 2 is 2.00 bits per heavy atom. The van der Waals surface area contributed by atoms with Crippen molar-refractivity contribution in [1.29, 1.82) is 0 Å². The van der Waals surface area contributed by atoms with E-state index in [1.165, 1.54) is 5.56 Å². The molecule has 0 bridgehead atoms. The van der Waals surface area contributed by atoms with Crippen molar-refractivity contribution in [3.63, 3.8) is 0 Å². The van der Waals surface area contributed by atoms with Gasteiger partial charge >= 0.3 is 0 Å². The zero-order chi connectivity index (χ0) is 16.4. The first-order valence-corrected chi connectivity index (χ1v) is 8.64. The summed E-state index contributed by atoms with van der Waals surface area (Å²) in [6.07, 6.45) is 0.962. The van der Waals surface area contributed by atoms with Gasteiger partial charge in [0.05, 0.1) is 17.7 Å². The van der Waals surface area contributed by atoms with Crippen LogP contribution in [0.15, 0.2) is 46.9 Å². The average molecular weight is 395 g/mol. The number of methoxy groups -OCH3 is 1. The zero-order valence-electron chi connectivity index (χ0n) is 12.8. The molecule has 1 aliphatic rings. The maximum atomic E-state index is 12.7. The minimum absolute atomic E-state index is 0.00712.